The molecule has 0 unspecified atom stereocenters. The molecule has 2 fully saturated rings. The maximum absolute atomic E-state index is 13.1. The Kier molecular flexibility index (Phi) is 12.9. The average Bonchev–Trinajstić information content (AvgIpc) is 2.92. The van der Waals surface area contributed by atoms with Gasteiger partial charge in [0.1, 0.15) is 5.75 Å². The summed E-state index contributed by atoms with van der Waals surface area (Å²) in [6.07, 6.45) is 14.5. The number of carbonyl (C=O) groups excluding carboxylic acids is 3. The van der Waals surface area contributed by atoms with E-state index in [2.05, 4.69) is 38.0 Å². The van der Waals surface area contributed by atoms with Crippen LogP contribution in [0.4, 0.5) is 0 Å². The number of rotatable bonds is 15. The van der Waals surface area contributed by atoms with E-state index in [0.29, 0.717) is 53.6 Å². The first-order valence-electron chi connectivity index (χ1n) is 15.0. The highest BCUT2D eigenvalue weighted by Crippen LogP contribution is 2.32. The van der Waals surface area contributed by atoms with Crippen molar-refractivity contribution < 1.29 is 19.1 Å². The molecule has 0 aromatic heterocycles. The molecule has 0 N–H and O–H groups in total. The molecule has 0 spiro atoms. The van der Waals surface area contributed by atoms with E-state index in [1.807, 2.05) is 0 Å². The zero-order valence-corrected chi connectivity index (χ0v) is 25.3. The summed E-state index contributed by atoms with van der Waals surface area (Å²) in [5.74, 6) is 1.77. The van der Waals surface area contributed by atoms with Crippen LogP contribution in [0.1, 0.15) is 111 Å². The first kappa shape index (κ1) is 31.8. The first-order chi connectivity index (χ1) is 18.6. The minimum Gasteiger partial charge on any atom is -0.484 e. The van der Waals surface area contributed by atoms with Crippen LogP contribution in [0.2, 0.25) is 0 Å². The smallest absolute Gasteiger partial charge is 0.259 e. The predicted molar refractivity (Wildman–Crippen MR) is 158 cm³/mol. The molecule has 3 rings (SSSR count). The molecule has 0 amide bonds. The first-order valence-corrected chi connectivity index (χ1v) is 15.4. The molecule has 2 aliphatic carbocycles. The lowest BCUT2D eigenvalue weighted by Gasteiger charge is -2.32. The highest BCUT2D eigenvalue weighted by atomic mass is 35.5. The van der Waals surface area contributed by atoms with E-state index in [4.69, 9.17) is 16.3 Å². The van der Waals surface area contributed by atoms with Crippen LogP contribution < -0.4 is 4.74 Å². The van der Waals surface area contributed by atoms with E-state index in [1.54, 1.807) is 18.2 Å². The third-order valence-corrected chi connectivity index (χ3v) is 9.14. The number of hydrogen-bond donors (Lipinski definition) is 0. The number of halogens is 1. The second kappa shape index (κ2) is 15.9. The Morgan fingerprint density at radius 1 is 0.718 bits per heavy atom. The zero-order valence-electron chi connectivity index (χ0n) is 24.6. The third-order valence-electron chi connectivity index (χ3n) is 9.03. The lowest BCUT2D eigenvalue weighted by atomic mass is 9.82. The molecule has 218 valence electrons. The fourth-order valence-corrected chi connectivity index (χ4v) is 6.49. The maximum atomic E-state index is 13.1. The van der Waals surface area contributed by atoms with Crippen molar-refractivity contribution in [3.63, 3.8) is 0 Å². The SMILES string of the molecule is CN(C)C1CCC(CCCC(=O)c2cc(OCC(=O)Cl)cc(C(=O)CCCC3CCC(N(C)C)CC3)c2)CC1. The lowest BCUT2D eigenvalue weighted by Crippen LogP contribution is -2.32. The summed E-state index contributed by atoms with van der Waals surface area (Å²) in [4.78, 5) is 42.1. The highest BCUT2D eigenvalue weighted by Gasteiger charge is 2.24. The van der Waals surface area contributed by atoms with E-state index in [-0.39, 0.29) is 18.2 Å². The molecule has 2 saturated carbocycles. The van der Waals surface area contributed by atoms with Gasteiger partial charge >= 0.3 is 0 Å². The molecule has 0 heterocycles. The molecule has 0 radical (unpaired) electrons. The largest absolute Gasteiger partial charge is 0.484 e. The van der Waals surface area contributed by atoms with Crippen LogP contribution in [-0.2, 0) is 4.79 Å². The van der Waals surface area contributed by atoms with Crippen molar-refractivity contribution in [2.24, 2.45) is 11.8 Å². The highest BCUT2D eigenvalue weighted by molar-refractivity contribution is 6.63. The number of nitrogens with zero attached hydrogens (tertiary/aromatic N) is 2. The topological polar surface area (TPSA) is 66.9 Å². The number of ether oxygens (including phenoxy) is 1. The van der Waals surface area contributed by atoms with Gasteiger partial charge in [-0.15, -0.1) is 0 Å². The third kappa shape index (κ3) is 10.6. The second-order valence-corrected chi connectivity index (χ2v) is 12.7. The molecular weight excluding hydrogens is 512 g/mol. The van der Waals surface area contributed by atoms with Crippen LogP contribution in [0.3, 0.4) is 0 Å². The molecule has 1 aromatic carbocycles. The second-order valence-electron chi connectivity index (χ2n) is 12.3. The normalized spacial score (nSPS) is 23.7. The number of carbonyl (C=O) groups is 3. The minimum absolute atomic E-state index is 0.0197. The fraction of sp³-hybridized carbons (Fsp3) is 0.719. The van der Waals surface area contributed by atoms with Crippen LogP contribution in [0.25, 0.3) is 0 Å². The van der Waals surface area contributed by atoms with Gasteiger partial charge < -0.3 is 14.5 Å². The van der Waals surface area contributed by atoms with Gasteiger partial charge in [-0.25, -0.2) is 0 Å². The van der Waals surface area contributed by atoms with E-state index in [1.165, 1.54) is 51.4 Å². The minimum atomic E-state index is -0.618. The molecule has 7 heteroatoms. The summed E-state index contributed by atoms with van der Waals surface area (Å²) >= 11 is 5.47. The molecular formula is C32H49ClN2O4. The standard InChI is InChI=1S/C32H49ClN2O4/c1-34(2)27-15-11-23(12-16-27)7-5-9-30(36)25-19-26(21-29(20-25)39-22-32(33)38)31(37)10-6-8-24-13-17-28(18-14-24)35(3)4/h19-21,23-24,27-28H,5-18,22H2,1-4H3. The summed E-state index contributed by atoms with van der Waals surface area (Å²) in [6, 6.07) is 6.36. The van der Waals surface area contributed by atoms with Crippen molar-refractivity contribution in [1.29, 1.82) is 0 Å². The quantitative estimate of drug-likeness (QED) is 0.174. The van der Waals surface area contributed by atoms with Gasteiger partial charge in [0.15, 0.2) is 18.2 Å². The number of hydrogen-bond acceptors (Lipinski definition) is 6. The van der Waals surface area contributed by atoms with Crippen LogP contribution in [0.5, 0.6) is 5.75 Å². The van der Waals surface area contributed by atoms with Gasteiger partial charge in [0, 0.05) is 36.1 Å². The Morgan fingerprint density at radius 2 is 1.13 bits per heavy atom. The molecule has 2 aliphatic rings. The molecule has 0 bridgehead atoms. The van der Waals surface area contributed by atoms with E-state index < -0.39 is 5.24 Å². The van der Waals surface area contributed by atoms with Crippen molar-refractivity contribution >= 4 is 28.4 Å². The molecule has 0 atom stereocenters. The maximum Gasteiger partial charge on any atom is 0.259 e. The van der Waals surface area contributed by atoms with Gasteiger partial charge in [0.05, 0.1) is 0 Å². The van der Waals surface area contributed by atoms with Crippen molar-refractivity contribution in [2.75, 3.05) is 34.8 Å². The fourth-order valence-electron chi connectivity index (χ4n) is 6.44. The van der Waals surface area contributed by atoms with E-state index in [9.17, 15) is 14.4 Å². The van der Waals surface area contributed by atoms with Gasteiger partial charge in [0.25, 0.3) is 5.24 Å². The van der Waals surface area contributed by atoms with Gasteiger partial charge in [-0.1, -0.05) is 12.8 Å². The van der Waals surface area contributed by atoms with E-state index >= 15 is 0 Å². The van der Waals surface area contributed by atoms with Crippen molar-refractivity contribution in [1.82, 2.24) is 9.80 Å². The van der Waals surface area contributed by atoms with Gasteiger partial charge in [0.2, 0.25) is 0 Å². The van der Waals surface area contributed by atoms with Crippen molar-refractivity contribution in [3.05, 3.63) is 29.3 Å². The van der Waals surface area contributed by atoms with Crippen LogP contribution in [0, 0.1) is 11.8 Å². The molecule has 6 nitrogen and oxygen atoms in total. The van der Waals surface area contributed by atoms with Crippen LogP contribution in [0.15, 0.2) is 18.2 Å². The summed E-state index contributed by atoms with van der Waals surface area (Å²) in [6.45, 7) is -0.294. The molecule has 0 aliphatic heterocycles. The number of ketones is 2. The van der Waals surface area contributed by atoms with Gasteiger partial charge in [-0.2, -0.15) is 0 Å². The summed E-state index contributed by atoms with van der Waals surface area (Å²) in [5.41, 5.74) is 0.965. The van der Waals surface area contributed by atoms with Gasteiger partial charge in [-0.3, -0.25) is 14.4 Å². The van der Waals surface area contributed by atoms with Crippen LogP contribution in [-0.4, -0.2) is 73.5 Å². The Morgan fingerprint density at radius 3 is 1.49 bits per heavy atom. The summed E-state index contributed by atoms with van der Waals surface area (Å²) in [7, 11) is 8.61. The molecule has 1 aromatic rings. The van der Waals surface area contributed by atoms with Crippen LogP contribution >= 0.6 is 11.6 Å². The van der Waals surface area contributed by atoms with Gasteiger partial charge in [-0.05, 0) is 134 Å². The Bertz CT molecular complexity index is 883. The average molecular weight is 561 g/mol. The zero-order chi connectivity index (χ0) is 28.4. The summed E-state index contributed by atoms with van der Waals surface area (Å²) in [5, 5.41) is -0.618. The Hall–Kier alpha value is -1.76. The lowest BCUT2D eigenvalue weighted by molar-refractivity contribution is -0.113. The molecule has 0 saturated heterocycles. The van der Waals surface area contributed by atoms with Crippen molar-refractivity contribution in [3.8, 4) is 5.75 Å². The Labute approximate surface area is 240 Å². The summed E-state index contributed by atoms with van der Waals surface area (Å²) < 4.78 is 5.51. The van der Waals surface area contributed by atoms with Crippen molar-refractivity contribution in [2.45, 2.75) is 102 Å². The Balaban J connectivity index is 1.52. The number of Topliss-reactive ketones (excluding diaryl/α,β-unsaturated/α-hetero) is 2. The number of benzene rings is 1. The molecule has 39 heavy (non-hydrogen) atoms. The monoisotopic (exact) mass is 560 g/mol. The van der Waals surface area contributed by atoms with E-state index in [0.717, 1.165) is 25.7 Å². The predicted octanol–water partition coefficient (Wildman–Crippen LogP) is 6.78.